The minimum absolute atomic E-state index is 0.143. The Kier molecular flexibility index (Phi) is 3.93. The van der Waals surface area contributed by atoms with Crippen LogP contribution in [0.15, 0.2) is 18.5 Å². The van der Waals surface area contributed by atoms with E-state index in [1.54, 1.807) is 0 Å². The topological polar surface area (TPSA) is 36.4 Å². The summed E-state index contributed by atoms with van der Waals surface area (Å²) in [7, 11) is 0. The van der Waals surface area contributed by atoms with Crippen LogP contribution in [-0.2, 0) is 0 Å². The van der Waals surface area contributed by atoms with Gasteiger partial charge in [-0.15, -0.1) is 0 Å². The van der Waals surface area contributed by atoms with Crippen LogP contribution in [0.1, 0.15) is 30.6 Å². The van der Waals surface area contributed by atoms with E-state index in [0.29, 0.717) is 17.9 Å². The van der Waals surface area contributed by atoms with E-state index >= 15 is 0 Å². The van der Waals surface area contributed by atoms with Gasteiger partial charge in [0.25, 0.3) is 5.91 Å². The highest BCUT2D eigenvalue weighted by molar-refractivity contribution is 5.94. The molecule has 4 nitrogen and oxygen atoms in total. The van der Waals surface area contributed by atoms with E-state index in [4.69, 9.17) is 0 Å². The molecule has 0 radical (unpaired) electrons. The fourth-order valence-corrected chi connectivity index (χ4v) is 3.55. The van der Waals surface area contributed by atoms with Crippen molar-refractivity contribution in [1.82, 2.24) is 14.8 Å². The number of hydrogen-bond donors (Lipinski definition) is 0. The lowest BCUT2D eigenvalue weighted by Crippen LogP contribution is -2.43. The largest absolute Gasteiger partial charge is 0.338 e. The van der Waals surface area contributed by atoms with Crippen molar-refractivity contribution in [3.8, 4) is 0 Å². The zero-order valence-electron chi connectivity index (χ0n) is 12.6. The van der Waals surface area contributed by atoms with Gasteiger partial charge in [0.1, 0.15) is 0 Å². The van der Waals surface area contributed by atoms with Crippen LogP contribution in [0.4, 0.5) is 4.39 Å². The summed E-state index contributed by atoms with van der Waals surface area (Å²) < 4.78 is 13.7. The summed E-state index contributed by atoms with van der Waals surface area (Å²) in [5.41, 5.74) is 0.143. The molecule has 114 valence electrons. The van der Waals surface area contributed by atoms with Gasteiger partial charge < -0.3 is 9.80 Å². The zero-order chi connectivity index (χ0) is 15.0. The molecule has 0 aliphatic carbocycles. The highest BCUT2D eigenvalue weighted by Crippen LogP contribution is 2.32. The summed E-state index contributed by atoms with van der Waals surface area (Å²) in [6.07, 6.45) is 3.71. The lowest BCUT2D eigenvalue weighted by atomic mass is 9.88. The van der Waals surface area contributed by atoms with E-state index in [1.807, 2.05) is 4.90 Å². The Hall–Kier alpha value is -1.49. The first kappa shape index (κ1) is 14.4. The van der Waals surface area contributed by atoms with E-state index in [9.17, 15) is 9.18 Å². The Labute approximate surface area is 125 Å². The van der Waals surface area contributed by atoms with Crippen molar-refractivity contribution in [3.63, 3.8) is 0 Å². The lowest BCUT2D eigenvalue weighted by Gasteiger charge is -2.36. The Balaban J connectivity index is 1.70. The van der Waals surface area contributed by atoms with E-state index in [1.165, 1.54) is 12.3 Å². The molecule has 0 spiro atoms. The van der Waals surface area contributed by atoms with Crippen LogP contribution in [0, 0.1) is 17.7 Å². The number of amides is 1. The Morgan fingerprint density at radius 1 is 1.33 bits per heavy atom. The molecule has 3 heterocycles. The molecule has 5 heteroatoms. The molecule has 0 aromatic carbocycles. The molecule has 1 aromatic rings. The second kappa shape index (κ2) is 5.72. The number of nitrogens with zero attached hydrogens (tertiary/aromatic N) is 3. The number of piperidine rings is 1. The van der Waals surface area contributed by atoms with Gasteiger partial charge in [-0.3, -0.25) is 9.78 Å². The Morgan fingerprint density at radius 3 is 2.81 bits per heavy atom. The maximum Gasteiger partial charge on any atom is 0.256 e. The van der Waals surface area contributed by atoms with Crippen molar-refractivity contribution < 1.29 is 9.18 Å². The third-order valence-corrected chi connectivity index (χ3v) is 4.85. The molecule has 0 N–H and O–H groups in total. The minimum atomic E-state index is -0.527. The molecule has 0 bridgehead atoms. The Morgan fingerprint density at radius 2 is 2.10 bits per heavy atom. The van der Waals surface area contributed by atoms with E-state index < -0.39 is 5.82 Å². The van der Waals surface area contributed by atoms with E-state index in [0.717, 1.165) is 38.8 Å². The fraction of sp³-hybridized carbons (Fsp3) is 0.625. The smallest absolute Gasteiger partial charge is 0.256 e. The summed E-state index contributed by atoms with van der Waals surface area (Å²) in [5.74, 6) is 0.366. The van der Waals surface area contributed by atoms with Crippen LogP contribution in [0.5, 0.6) is 0 Å². The number of aromatic nitrogens is 1. The summed E-state index contributed by atoms with van der Waals surface area (Å²) >= 11 is 0. The first-order valence-electron chi connectivity index (χ1n) is 7.69. The summed E-state index contributed by atoms with van der Waals surface area (Å²) in [6.45, 7) is 8.08. The van der Waals surface area contributed by atoms with Crippen molar-refractivity contribution >= 4 is 5.91 Å². The predicted octanol–water partition coefficient (Wildman–Crippen LogP) is 2.02. The molecule has 2 aliphatic heterocycles. The van der Waals surface area contributed by atoms with E-state index in [-0.39, 0.29) is 11.5 Å². The van der Waals surface area contributed by atoms with Gasteiger partial charge in [-0.1, -0.05) is 0 Å². The minimum Gasteiger partial charge on any atom is -0.338 e. The number of carbonyl (C=O) groups is 1. The molecule has 3 rings (SSSR count). The standard InChI is InChI=1S/C16H22FN3O/c1-11(2)19-6-4-12-8-20(10-13(12)9-19)16(21)14-3-5-18-7-15(14)17/h3,5,7,11-13H,4,6,8-10H2,1-2H3/t12-,13+/m0/s1. The summed E-state index contributed by atoms with van der Waals surface area (Å²) in [4.78, 5) is 20.5. The zero-order valence-corrected chi connectivity index (χ0v) is 12.6. The SMILES string of the molecule is CC(C)N1CC[C@H]2CN(C(=O)c3ccncc3F)C[C@H]2C1. The molecule has 1 amide bonds. The van der Waals surface area contributed by atoms with Gasteiger partial charge in [0.15, 0.2) is 5.82 Å². The summed E-state index contributed by atoms with van der Waals surface area (Å²) in [6, 6.07) is 2.02. The normalized spacial score (nSPS) is 26.2. The van der Waals surface area contributed by atoms with Crippen molar-refractivity contribution in [2.75, 3.05) is 26.2 Å². The molecule has 21 heavy (non-hydrogen) atoms. The van der Waals surface area contributed by atoms with Gasteiger partial charge in [0, 0.05) is 31.9 Å². The molecule has 2 saturated heterocycles. The second-order valence-electron chi connectivity index (χ2n) is 6.46. The first-order valence-corrected chi connectivity index (χ1v) is 7.69. The number of fused-ring (bicyclic) bond motifs is 1. The lowest BCUT2D eigenvalue weighted by molar-refractivity contribution is 0.0778. The van der Waals surface area contributed by atoms with Crippen molar-refractivity contribution in [2.24, 2.45) is 11.8 Å². The third kappa shape index (κ3) is 2.79. The molecule has 0 saturated carbocycles. The monoisotopic (exact) mass is 291 g/mol. The Bertz CT molecular complexity index is 534. The van der Waals surface area contributed by atoms with Gasteiger partial charge >= 0.3 is 0 Å². The van der Waals surface area contributed by atoms with Crippen LogP contribution in [0.25, 0.3) is 0 Å². The maximum atomic E-state index is 13.7. The highest BCUT2D eigenvalue weighted by Gasteiger charge is 2.39. The quantitative estimate of drug-likeness (QED) is 0.836. The highest BCUT2D eigenvalue weighted by atomic mass is 19.1. The number of halogens is 1. The predicted molar refractivity (Wildman–Crippen MR) is 78.4 cm³/mol. The molecular weight excluding hydrogens is 269 g/mol. The van der Waals surface area contributed by atoms with Gasteiger partial charge in [-0.2, -0.15) is 0 Å². The van der Waals surface area contributed by atoms with Gasteiger partial charge in [0.05, 0.1) is 11.8 Å². The number of carbonyl (C=O) groups excluding carboxylic acids is 1. The number of hydrogen-bond acceptors (Lipinski definition) is 3. The van der Waals surface area contributed by atoms with Crippen molar-refractivity contribution in [2.45, 2.75) is 26.3 Å². The van der Waals surface area contributed by atoms with Gasteiger partial charge in [-0.25, -0.2) is 4.39 Å². The second-order valence-corrected chi connectivity index (χ2v) is 6.46. The molecule has 2 fully saturated rings. The number of rotatable bonds is 2. The van der Waals surface area contributed by atoms with Crippen LogP contribution >= 0.6 is 0 Å². The van der Waals surface area contributed by atoms with Crippen molar-refractivity contribution in [1.29, 1.82) is 0 Å². The fourth-order valence-electron chi connectivity index (χ4n) is 3.55. The maximum absolute atomic E-state index is 13.7. The molecule has 2 atom stereocenters. The molecule has 0 unspecified atom stereocenters. The van der Waals surface area contributed by atoms with E-state index in [2.05, 4.69) is 23.7 Å². The van der Waals surface area contributed by atoms with Crippen LogP contribution in [-0.4, -0.2) is 52.9 Å². The average Bonchev–Trinajstić information content (AvgIpc) is 2.89. The van der Waals surface area contributed by atoms with Crippen molar-refractivity contribution in [3.05, 3.63) is 29.8 Å². The van der Waals surface area contributed by atoms with Crippen LogP contribution in [0.3, 0.4) is 0 Å². The first-order chi connectivity index (χ1) is 10.1. The molecule has 2 aliphatic rings. The average molecular weight is 291 g/mol. The molecular formula is C16H22FN3O. The molecule has 1 aromatic heterocycles. The van der Waals surface area contributed by atoms with Crippen LogP contribution < -0.4 is 0 Å². The van der Waals surface area contributed by atoms with Crippen LogP contribution in [0.2, 0.25) is 0 Å². The number of pyridine rings is 1. The van der Waals surface area contributed by atoms with Gasteiger partial charge in [-0.05, 0) is 44.7 Å². The summed E-state index contributed by atoms with van der Waals surface area (Å²) in [5, 5.41) is 0. The van der Waals surface area contributed by atoms with Gasteiger partial charge in [0.2, 0.25) is 0 Å². The third-order valence-electron chi connectivity index (χ3n) is 4.85. The number of likely N-dealkylation sites (tertiary alicyclic amines) is 2.